The fourth-order valence-corrected chi connectivity index (χ4v) is 4.01. The minimum absolute atomic E-state index is 0.269. The Balaban J connectivity index is 2.24. The Labute approximate surface area is 115 Å². The van der Waals surface area contributed by atoms with E-state index < -0.39 is 10.0 Å². The van der Waals surface area contributed by atoms with Gasteiger partial charge in [0, 0.05) is 30.5 Å². The summed E-state index contributed by atoms with van der Waals surface area (Å²) in [5, 5.41) is 0. The number of nitrogens with one attached hydrogen (secondary N) is 1. The van der Waals surface area contributed by atoms with E-state index in [4.69, 9.17) is 5.73 Å². The molecule has 1 heterocycles. The average molecular weight is 285 g/mol. The molecule has 1 saturated carbocycles. The van der Waals surface area contributed by atoms with Crippen LogP contribution in [0.4, 0.5) is 0 Å². The molecule has 1 aromatic rings. The third-order valence-electron chi connectivity index (χ3n) is 3.78. The van der Waals surface area contributed by atoms with Gasteiger partial charge in [-0.05, 0) is 38.7 Å². The number of hydrogen-bond donors (Lipinski definition) is 2. The summed E-state index contributed by atoms with van der Waals surface area (Å²) in [6, 6.07) is 1.68. The van der Waals surface area contributed by atoms with Crippen LogP contribution >= 0.6 is 0 Å². The van der Waals surface area contributed by atoms with Crippen molar-refractivity contribution in [2.45, 2.75) is 63.1 Å². The van der Waals surface area contributed by atoms with Crippen LogP contribution in [0.5, 0.6) is 0 Å². The van der Waals surface area contributed by atoms with Gasteiger partial charge < -0.3 is 10.3 Å². The lowest BCUT2D eigenvalue weighted by Gasteiger charge is -2.38. The fourth-order valence-electron chi connectivity index (χ4n) is 2.49. The minimum Gasteiger partial charge on any atom is -0.349 e. The summed E-state index contributed by atoms with van der Waals surface area (Å²) in [5.41, 5.74) is 6.26. The number of sulfonamides is 1. The van der Waals surface area contributed by atoms with Gasteiger partial charge in [-0.1, -0.05) is 6.92 Å². The van der Waals surface area contributed by atoms with Crippen molar-refractivity contribution in [3.05, 3.63) is 18.0 Å². The first kappa shape index (κ1) is 14.6. The van der Waals surface area contributed by atoms with E-state index in [1.165, 1.54) is 0 Å². The van der Waals surface area contributed by atoms with Crippen molar-refractivity contribution in [1.29, 1.82) is 0 Å². The molecular weight excluding hydrogens is 262 g/mol. The Morgan fingerprint density at radius 1 is 1.47 bits per heavy atom. The Morgan fingerprint density at radius 2 is 2.16 bits per heavy atom. The van der Waals surface area contributed by atoms with Crippen LogP contribution in [0.2, 0.25) is 0 Å². The topological polar surface area (TPSA) is 77.1 Å². The molecule has 0 amide bonds. The summed E-state index contributed by atoms with van der Waals surface area (Å²) in [7, 11) is -3.44. The van der Waals surface area contributed by atoms with E-state index in [-0.39, 0.29) is 5.54 Å². The van der Waals surface area contributed by atoms with Gasteiger partial charge in [-0.2, -0.15) is 0 Å². The molecule has 19 heavy (non-hydrogen) atoms. The zero-order chi connectivity index (χ0) is 14.1. The third-order valence-corrected chi connectivity index (χ3v) is 5.39. The molecule has 1 aromatic heterocycles. The molecule has 0 bridgehead atoms. The van der Waals surface area contributed by atoms with Gasteiger partial charge in [0.25, 0.3) is 0 Å². The van der Waals surface area contributed by atoms with E-state index in [1.807, 2.05) is 11.5 Å². The highest BCUT2D eigenvalue weighted by Gasteiger charge is 2.36. The number of rotatable bonds is 6. The van der Waals surface area contributed by atoms with Gasteiger partial charge in [-0.3, -0.25) is 0 Å². The first-order valence-electron chi connectivity index (χ1n) is 6.83. The zero-order valence-corrected chi connectivity index (χ0v) is 12.5. The van der Waals surface area contributed by atoms with Crippen LogP contribution in [-0.2, 0) is 23.1 Å². The smallest absolute Gasteiger partial charge is 0.242 e. The third kappa shape index (κ3) is 3.01. The Bertz CT molecular complexity index is 544. The maximum Gasteiger partial charge on any atom is 0.242 e. The lowest BCUT2D eigenvalue weighted by molar-refractivity contribution is 0.248. The summed E-state index contributed by atoms with van der Waals surface area (Å²) in [6.07, 6.45) is 5.55. The predicted octanol–water partition coefficient (Wildman–Crippen LogP) is 1.58. The normalized spacial score (nSPS) is 18.3. The standard InChI is InChI=1S/C13H23N3O2S/c1-3-7-16-10-12(8-11(16)9-14)19(17,18)15-13(2)5-4-6-13/h8,10,15H,3-7,9,14H2,1-2H3. The number of nitrogens with zero attached hydrogens (tertiary/aromatic N) is 1. The molecule has 5 nitrogen and oxygen atoms in total. The van der Waals surface area contributed by atoms with Crippen molar-refractivity contribution in [2.75, 3.05) is 0 Å². The molecule has 1 fully saturated rings. The lowest BCUT2D eigenvalue weighted by atomic mass is 9.80. The van der Waals surface area contributed by atoms with Gasteiger partial charge in [0.2, 0.25) is 10.0 Å². The molecule has 1 aliphatic rings. The molecule has 0 spiro atoms. The summed E-state index contributed by atoms with van der Waals surface area (Å²) in [5.74, 6) is 0. The van der Waals surface area contributed by atoms with E-state index in [0.717, 1.165) is 37.9 Å². The van der Waals surface area contributed by atoms with Gasteiger partial charge in [-0.25, -0.2) is 13.1 Å². The number of nitrogens with two attached hydrogens (primary N) is 1. The number of aryl methyl sites for hydroxylation is 1. The molecule has 0 radical (unpaired) electrons. The second-order valence-electron chi connectivity index (χ2n) is 5.58. The lowest BCUT2D eigenvalue weighted by Crippen LogP contribution is -2.50. The van der Waals surface area contributed by atoms with Crippen LogP contribution in [0.15, 0.2) is 17.2 Å². The highest BCUT2D eigenvalue weighted by Crippen LogP contribution is 2.32. The molecule has 1 aliphatic carbocycles. The zero-order valence-electron chi connectivity index (χ0n) is 11.6. The Kier molecular flexibility index (Phi) is 4.03. The highest BCUT2D eigenvalue weighted by molar-refractivity contribution is 7.89. The van der Waals surface area contributed by atoms with E-state index >= 15 is 0 Å². The predicted molar refractivity (Wildman–Crippen MR) is 75.2 cm³/mol. The number of hydrogen-bond acceptors (Lipinski definition) is 3. The van der Waals surface area contributed by atoms with Crippen molar-refractivity contribution in [1.82, 2.24) is 9.29 Å². The van der Waals surface area contributed by atoms with Crippen molar-refractivity contribution < 1.29 is 8.42 Å². The van der Waals surface area contributed by atoms with Crippen LogP contribution < -0.4 is 10.5 Å². The van der Waals surface area contributed by atoms with Crippen LogP contribution in [0.3, 0.4) is 0 Å². The SMILES string of the molecule is CCCn1cc(S(=O)(=O)NC2(C)CCC2)cc1CN. The molecule has 2 rings (SSSR count). The van der Waals surface area contributed by atoms with Crippen LogP contribution in [0.25, 0.3) is 0 Å². The molecule has 0 atom stereocenters. The van der Waals surface area contributed by atoms with Crippen molar-refractivity contribution in [2.24, 2.45) is 5.73 Å². The summed E-state index contributed by atoms with van der Waals surface area (Å²) >= 11 is 0. The van der Waals surface area contributed by atoms with Crippen LogP contribution in [-0.4, -0.2) is 18.5 Å². The van der Waals surface area contributed by atoms with Gasteiger partial charge in [0.15, 0.2) is 0 Å². The van der Waals surface area contributed by atoms with Gasteiger partial charge in [-0.15, -0.1) is 0 Å². The molecule has 108 valence electrons. The summed E-state index contributed by atoms with van der Waals surface area (Å²) in [6.45, 7) is 5.16. The fraction of sp³-hybridized carbons (Fsp3) is 0.692. The molecule has 0 aliphatic heterocycles. The monoisotopic (exact) mass is 285 g/mol. The second kappa shape index (κ2) is 5.26. The molecule has 0 saturated heterocycles. The molecule has 0 unspecified atom stereocenters. The first-order chi connectivity index (χ1) is 8.90. The first-order valence-corrected chi connectivity index (χ1v) is 8.31. The van der Waals surface area contributed by atoms with E-state index in [2.05, 4.69) is 11.6 Å². The molecule has 6 heteroatoms. The molecular formula is C13H23N3O2S. The van der Waals surface area contributed by atoms with Gasteiger partial charge in [0.1, 0.15) is 0 Å². The van der Waals surface area contributed by atoms with Crippen molar-refractivity contribution in [3.8, 4) is 0 Å². The average Bonchev–Trinajstić information content (AvgIpc) is 2.71. The number of aromatic nitrogens is 1. The molecule has 0 aromatic carbocycles. The maximum absolute atomic E-state index is 12.4. The Hall–Kier alpha value is -0.850. The maximum atomic E-state index is 12.4. The molecule has 3 N–H and O–H groups in total. The van der Waals surface area contributed by atoms with E-state index in [0.29, 0.717) is 11.4 Å². The summed E-state index contributed by atoms with van der Waals surface area (Å²) < 4.78 is 29.5. The Morgan fingerprint density at radius 3 is 2.63 bits per heavy atom. The van der Waals surface area contributed by atoms with E-state index in [1.54, 1.807) is 12.3 Å². The van der Waals surface area contributed by atoms with Gasteiger partial charge >= 0.3 is 0 Å². The van der Waals surface area contributed by atoms with Crippen molar-refractivity contribution >= 4 is 10.0 Å². The van der Waals surface area contributed by atoms with Crippen LogP contribution in [0.1, 0.15) is 45.2 Å². The minimum atomic E-state index is -3.44. The van der Waals surface area contributed by atoms with Gasteiger partial charge in [0.05, 0.1) is 4.90 Å². The largest absolute Gasteiger partial charge is 0.349 e. The van der Waals surface area contributed by atoms with Crippen LogP contribution in [0, 0.1) is 0 Å². The van der Waals surface area contributed by atoms with Crippen molar-refractivity contribution in [3.63, 3.8) is 0 Å². The van der Waals surface area contributed by atoms with E-state index in [9.17, 15) is 8.42 Å². The summed E-state index contributed by atoms with van der Waals surface area (Å²) in [4.78, 5) is 0.328. The second-order valence-corrected chi connectivity index (χ2v) is 7.27. The quantitative estimate of drug-likeness (QED) is 0.833. The highest BCUT2D eigenvalue weighted by atomic mass is 32.2.